The predicted octanol–water partition coefficient (Wildman–Crippen LogP) is 2.08. The molecule has 1 aromatic heterocycles. The Labute approximate surface area is 100 Å². The Morgan fingerprint density at radius 2 is 2.06 bits per heavy atom. The summed E-state index contributed by atoms with van der Waals surface area (Å²) in [6, 6.07) is 7.74. The van der Waals surface area contributed by atoms with Crippen LogP contribution in [0, 0.1) is 6.92 Å². The van der Waals surface area contributed by atoms with E-state index in [2.05, 4.69) is 9.97 Å². The number of methoxy groups -OCH3 is 1. The quantitative estimate of drug-likeness (QED) is 0.850. The average Bonchev–Trinajstić information content (AvgIpc) is 2.67. The van der Waals surface area contributed by atoms with E-state index < -0.39 is 0 Å². The van der Waals surface area contributed by atoms with Crippen LogP contribution in [0.15, 0.2) is 24.3 Å². The number of imidazole rings is 1. The number of aromatic nitrogens is 2. The number of nitrogens with zero attached hydrogens (tertiary/aromatic N) is 2. The third kappa shape index (κ3) is 2.04. The number of ether oxygens (including phenoxy) is 1. The summed E-state index contributed by atoms with van der Waals surface area (Å²) in [6.45, 7) is 1.87. The normalized spacial score (nSPS) is 10.3. The van der Waals surface area contributed by atoms with Crippen molar-refractivity contribution < 1.29 is 4.74 Å². The van der Waals surface area contributed by atoms with Crippen LogP contribution in [0.5, 0.6) is 5.75 Å². The first-order chi connectivity index (χ1) is 8.13. The Morgan fingerprint density at radius 3 is 2.65 bits per heavy atom. The summed E-state index contributed by atoms with van der Waals surface area (Å²) >= 11 is 0. The first-order valence-electron chi connectivity index (χ1n) is 5.32. The molecule has 0 saturated carbocycles. The van der Waals surface area contributed by atoms with Gasteiger partial charge in [0, 0.05) is 7.05 Å². The van der Waals surface area contributed by atoms with E-state index >= 15 is 0 Å². The fourth-order valence-corrected chi connectivity index (χ4v) is 1.77. The average molecular weight is 232 g/mol. The van der Waals surface area contributed by atoms with Gasteiger partial charge in [-0.25, -0.2) is 4.98 Å². The maximum Gasteiger partial charge on any atom is 0.175 e. The summed E-state index contributed by atoms with van der Waals surface area (Å²) in [6.07, 6.45) is 0. The van der Waals surface area contributed by atoms with E-state index in [4.69, 9.17) is 10.5 Å². The molecule has 0 amide bonds. The Hall–Kier alpha value is -2.17. The second kappa shape index (κ2) is 4.37. The van der Waals surface area contributed by atoms with Crippen molar-refractivity contribution in [2.24, 2.45) is 0 Å². The molecule has 2 rings (SSSR count). The first kappa shape index (κ1) is 11.3. The van der Waals surface area contributed by atoms with Gasteiger partial charge in [-0.3, -0.25) is 0 Å². The van der Waals surface area contributed by atoms with E-state index in [1.54, 1.807) is 7.11 Å². The molecule has 0 bridgehead atoms. The zero-order valence-electron chi connectivity index (χ0n) is 10.2. The summed E-state index contributed by atoms with van der Waals surface area (Å²) in [7, 11) is 3.55. The Morgan fingerprint density at radius 1 is 1.35 bits per heavy atom. The lowest BCUT2D eigenvalue weighted by Gasteiger charge is -2.19. The summed E-state index contributed by atoms with van der Waals surface area (Å²) in [5, 5.41) is 0. The second-order valence-electron chi connectivity index (χ2n) is 3.79. The Bertz CT molecular complexity index is 521. The van der Waals surface area contributed by atoms with Gasteiger partial charge in [0.15, 0.2) is 5.82 Å². The number of para-hydroxylation sites is 2. The zero-order valence-corrected chi connectivity index (χ0v) is 10.2. The molecule has 0 fully saturated rings. The molecule has 0 atom stereocenters. The van der Waals surface area contributed by atoms with E-state index in [1.807, 2.05) is 43.1 Å². The lowest BCUT2D eigenvalue weighted by atomic mass is 10.2. The van der Waals surface area contributed by atoms with Crippen molar-refractivity contribution in [2.45, 2.75) is 6.92 Å². The summed E-state index contributed by atoms with van der Waals surface area (Å²) in [4.78, 5) is 9.23. The lowest BCUT2D eigenvalue weighted by Crippen LogP contribution is -2.12. The number of anilines is 3. The maximum absolute atomic E-state index is 5.87. The number of H-pyrrole nitrogens is 1. The molecule has 17 heavy (non-hydrogen) atoms. The van der Waals surface area contributed by atoms with Crippen LogP contribution in [0.2, 0.25) is 0 Å². The second-order valence-corrected chi connectivity index (χ2v) is 3.79. The highest BCUT2D eigenvalue weighted by Crippen LogP contribution is 2.33. The molecule has 5 nitrogen and oxygen atoms in total. The van der Waals surface area contributed by atoms with Gasteiger partial charge < -0.3 is 20.4 Å². The van der Waals surface area contributed by atoms with Crippen LogP contribution in [0.4, 0.5) is 17.3 Å². The fourth-order valence-electron chi connectivity index (χ4n) is 1.77. The number of hydrogen-bond acceptors (Lipinski definition) is 4. The van der Waals surface area contributed by atoms with Gasteiger partial charge in [-0.05, 0) is 19.1 Å². The van der Waals surface area contributed by atoms with Crippen LogP contribution in [-0.2, 0) is 0 Å². The minimum Gasteiger partial charge on any atom is -0.495 e. The monoisotopic (exact) mass is 232 g/mol. The Kier molecular flexibility index (Phi) is 2.91. The molecule has 1 aromatic carbocycles. The van der Waals surface area contributed by atoms with E-state index in [1.165, 1.54) is 0 Å². The molecule has 5 heteroatoms. The number of hydrogen-bond donors (Lipinski definition) is 2. The van der Waals surface area contributed by atoms with Crippen LogP contribution in [-0.4, -0.2) is 24.1 Å². The third-order valence-electron chi connectivity index (χ3n) is 2.59. The summed E-state index contributed by atoms with van der Waals surface area (Å²) in [5.41, 5.74) is 6.79. The number of nitrogens with one attached hydrogen (secondary N) is 1. The van der Waals surface area contributed by atoms with Crippen molar-refractivity contribution >= 4 is 17.3 Å². The van der Waals surface area contributed by atoms with Crippen LogP contribution >= 0.6 is 0 Å². The molecule has 0 aliphatic rings. The standard InChI is InChI=1S/C12H16N4O/c1-8-14-11(13)12(15-8)16(2)9-6-4-5-7-10(9)17-3/h4-7H,13H2,1-3H3,(H,14,15). The zero-order chi connectivity index (χ0) is 12.4. The van der Waals surface area contributed by atoms with E-state index in [9.17, 15) is 0 Å². The van der Waals surface area contributed by atoms with Crippen molar-refractivity contribution in [3.05, 3.63) is 30.1 Å². The van der Waals surface area contributed by atoms with Gasteiger partial charge >= 0.3 is 0 Å². The molecule has 3 N–H and O–H groups in total. The summed E-state index contributed by atoms with van der Waals surface area (Å²) < 4.78 is 5.31. The SMILES string of the molecule is COc1ccccc1N(C)c1nc(C)[nH]c1N. The molecule has 2 aromatic rings. The van der Waals surface area contributed by atoms with Gasteiger partial charge in [0.1, 0.15) is 17.4 Å². The Balaban J connectivity index is 2.43. The molecule has 0 saturated heterocycles. The number of aryl methyl sites for hydroxylation is 1. The first-order valence-corrected chi connectivity index (χ1v) is 5.32. The molecular formula is C12H16N4O. The maximum atomic E-state index is 5.87. The van der Waals surface area contributed by atoms with Crippen LogP contribution in [0.3, 0.4) is 0 Å². The molecule has 90 valence electrons. The molecule has 0 aliphatic carbocycles. The number of nitrogen functional groups attached to an aromatic ring is 1. The van der Waals surface area contributed by atoms with E-state index in [-0.39, 0.29) is 0 Å². The lowest BCUT2D eigenvalue weighted by molar-refractivity contribution is 0.415. The summed E-state index contributed by atoms with van der Waals surface area (Å²) in [5.74, 6) is 2.83. The number of aromatic amines is 1. The van der Waals surface area contributed by atoms with Gasteiger partial charge in [-0.1, -0.05) is 12.1 Å². The highest BCUT2D eigenvalue weighted by atomic mass is 16.5. The fraction of sp³-hybridized carbons (Fsp3) is 0.250. The number of benzene rings is 1. The van der Waals surface area contributed by atoms with Crippen molar-refractivity contribution in [3.8, 4) is 5.75 Å². The largest absolute Gasteiger partial charge is 0.495 e. The molecule has 0 radical (unpaired) electrons. The van der Waals surface area contributed by atoms with Crippen LogP contribution in [0.25, 0.3) is 0 Å². The number of nitrogens with two attached hydrogens (primary N) is 1. The van der Waals surface area contributed by atoms with Crippen LogP contribution in [0.1, 0.15) is 5.82 Å². The highest BCUT2D eigenvalue weighted by molar-refractivity contribution is 5.72. The van der Waals surface area contributed by atoms with Crippen LogP contribution < -0.4 is 15.4 Å². The topological polar surface area (TPSA) is 67.2 Å². The highest BCUT2D eigenvalue weighted by Gasteiger charge is 2.14. The van der Waals surface area contributed by atoms with Crippen molar-refractivity contribution in [1.29, 1.82) is 0 Å². The van der Waals surface area contributed by atoms with Gasteiger partial charge in [-0.2, -0.15) is 0 Å². The minimum atomic E-state index is 0.552. The molecule has 1 heterocycles. The van der Waals surface area contributed by atoms with Gasteiger partial charge in [0.05, 0.1) is 12.8 Å². The van der Waals surface area contributed by atoms with Crippen molar-refractivity contribution in [3.63, 3.8) is 0 Å². The molecule has 0 spiro atoms. The molecule has 0 unspecified atom stereocenters. The number of rotatable bonds is 3. The van der Waals surface area contributed by atoms with E-state index in [0.29, 0.717) is 11.6 Å². The predicted molar refractivity (Wildman–Crippen MR) is 68.8 cm³/mol. The van der Waals surface area contributed by atoms with Gasteiger partial charge in [-0.15, -0.1) is 0 Å². The van der Waals surface area contributed by atoms with Crippen molar-refractivity contribution in [1.82, 2.24) is 9.97 Å². The van der Waals surface area contributed by atoms with E-state index in [0.717, 1.165) is 17.3 Å². The van der Waals surface area contributed by atoms with Gasteiger partial charge in [0.25, 0.3) is 0 Å². The third-order valence-corrected chi connectivity index (χ3v) is 2.59. The minimum absolute atomic E-state index is 0.552. The molecule has 0 aliphatic heterocycles. The van der Waals surface area contributed by atoms with Gasteiger partial charge in [0.2, 0.25) is 0 Å². The van der Waals surface area contributed by atoms with Crippen molar-refractivity contribution in [2.75, 3.05) is 24.8 Å². The smallest absolute Gasteiger partial charge is 0.175 e. The molecular weight excluding hydrogens is 216 g/mol.